The lowest BCUT2D eigenvalue weighted by atomic mass is 10.0. The number of benzene rings is 2. The van der Waals surface area contributed by atoms with Crippen molar-refractivity contribution in [1.29, 1.82) is 0 Å². The quantitative estimate of drug-likeness (QED) is 0.261. The highest BCUT2D eigenvalue weighted by molar-refractivity contribution is 6.04. The molecule has 4 aromatic rings. The van der Waals surface area contributed by atoms with E-state index in [4.69, 9.17) is 15.6 Å². The maximum absolute atomic E-state index is 13.2. The molecule has 5 rings (SSSR count). The minimum Gasteiger partial charge on any atom is -0.481 e. The van der Waals surface area contributed by atoms with Crippen LogP contribution in [0, 0.1) is 0 Å². The van der Waals surface area contributed by atoms with Gasteiger partial charge in [-0.3, -0.25) is 4.79 Å². The van der Waals surface area contributed by atoms with Crippen LogP contribution in [0.1, 0.15) is 55.6 Å². The van der Waals surface area contributed by atoms with E-state index >= 15 is 0 Å². The van der Waals surface area contributed by atoms with E-state index in [0.29, 0.717) is 40.9 Å². The van der Waals surface area contributed by atoms with Gasteiger partial charge in [0, 0.05) is 35.7 Å². The van der Waals surface area contributed by atoms with Gasteiger partial charge in [-0.15, -0.1) is 0 Å². The summed E-state index contributed by atoms with van der Waals surface area (Å²) in [5.74, 6) is 0.281. The third-order valence-corrected chi connectivity index (χ3v) is 7.08. The second-order valence-electron chi connectivity index (χ2n) is 11.0. The second-order valence-corrected chi connectivity index (χ2v) is 11.0. The Labute approximate surface area is 239 Å². The van der Waals surface area contributed by atoms with Crippen molar-refractivity contribution >= 4 is 29.1 Å². The third-order valence-electron chi connectivity index (χ3n) is 7.08. The van der Waals surface area contributed by atoms with Gasteiger partial charge in [0.2, 0.25) is 5.88 Å². The molecular formula is C31H35N7O3. The fraction of sp³-hybridized carbons (Fsp3) is 0.290. The van der Waals surface area contributed by atoms with Crippen molar-refractivity contribution in [2.24, 2.45) is 5.73 Å². The standard InChI is InChI=1S/C31H35N7O3/c1-31(2,3)38-29(34-23-16-17-33-25(19-23)41-4)26(28(32)39)27(36-38)21-12-14-22(15-13-21)35-30(40)37-18-8-11-24(37)20-9-6-5-7-10-20/h5-7,9-10,12-17,19,24H,8,11,18H2,1-4H3,(H2,32,39)(H,33,34)(H,35,40). The molecule has 1 fully saturated rings. The van der Waals surface area contributed by atoms with Gasteiger partial charge in [-0.05, 0) is 57.4 Å². The van der Waals surface area contributed by atoms with Crippen LogP contribution in [0.15, 0.2) is 72.9 Å². The lowest BCUT2D eigenvalue weighted by molar-refractivity contribution is 0.100. The molecule has 0 saturated carbocycles. The van der Waals surface area contributed by atoms with E-state index in [1.165, 1.54) is 7.11 Å². The van der Waals surface area contributed by atoms with Gasteiger partial charge in [0.15, 0.2) is 0 Å². The molecule has 0 aliphatic carbocycles. The van der Waals surface area contributed by atoms with E-state index in [1.807, 2.05) is 68.1 Å². The van der Waals surface area contributed by atoms with Crippen LogP contribution in [0.3, 0.4) is 0 Å². The Bertz CT molecular complexity index is 1540. The first-order chi connectivity index (χ1) is 19.7. The Morgan fingerprint density at radius 2 is 1.76 bits per heavy atom. The van der Waals surface area contributed by atoms with Gasteiger partial charge in [0.1, 0.15) is 17.1 Å². The molecule has 1 aliphatic rings. The number of aromatic nitrogens is 3. The number of hydrogen-bond donors (Lipinski definition) is 3. The summed E-state index contributed by atoms with van der Waals surface area (Å²) in [4.78, 5) is 32.0. The van der Waals surface area contributed by atoms with Gasteiger partial charge < -0.3 is 26.0 Å². The largest absolute Gasteiger partial charge is 0.481 e. The Kier molecular flexibility index (Phi) is 7.65. The summed E-state index contributed by atoms with van der Waals surface area (Å²) in [6, 6.07) is 20.8. The molecule has 10 nitrogen and oxygen atoms in total. The molecule has 4 N–H and O–H groups in total. The van der Waals surface area contributed by atoms with Crippen LogP contribution in [0.2, 0.25) is 0 Å². The molecule has 0 radical (unpaired) electrons. The molecule has 1 atom stereocenters. The maximum Gasteiger partial charge on any atom is 0.322 e. The number of pyridine rings is 1. The van der Waals surface area contributed by atoms with Crippen LogP contribution in [-0.2, 0) is 5.54 Å². The highest BCUT2D eigenvalue weighted by Crippen LogP contribution is 2.36. The number of anilines is 3. The van der Waals surface area contributed by atoms with Crippen LogP contribution in [0.25, 0.3) is 11.3 Å². The first-order valence-corrected chi connectivity index (χ1v) is 13.6. The predicted octanol–water partition coefficient (Wildman–Crippen LogP) is 5.92. The van der Waals surface area contributed by atoms with Crippen molar-refractivity contribution in [1.82, 2.24) is 19.7 Å². The lowest BCUT2D eigenvalue weighted by Gasteiger charge is -2.25. The zero-order valence-electron chi connectivity index (χ0n) is 23.7. The molecule has 212 valence electrons. The summed E-state index contributed by atoms with van der Waals surface area (Å²) in [6.07, 6.45) is 3.51. The SMILES string of the molecule is COc1cc(Nc2c(C(N)=O)c(-c3ccc(NC(=O)N4CCCC4c4ccccc4)cc3)nn2C(C)(C)C)ccn1. The highest BCUT2D eigenvalue weighted by atomic mass is 16.5. The average Bonchev–Trinajstić information content (AvgIpc) is 3.60. The van der Waals surface area contributed by atoms with Gasteiger partial charge in [-0.25, -0.2) is 14.5 Å². The number of urea groups is 1. The molecule has 10 heteroatoms. The van der Waals surface area contributed by atoms with Crippen LogP contribution in [-0.4, -0.2) is 45.3 Å². The minimum absolute atomic E-state index is 0.0567. The normalized spacial score (nSPS) is 15.0. The van der Waals surface area contributed by atoms with Crippen molar-refractivity contribution in [2.75, 3.05) is 24.3 Å². The van der Waals surface area contributed by atoms with Crippen molar-refractivity contribution in [3.05, 3.63) is 84.1 Å². The van der Waals surface area contributed by atoms with Gasteiger partial charge >= 0.3 is 6.03 Å². The summed E-state index contributed by atoms with van der Waals surface area (Å²) in [6.45, 7) is 6.68. The Balaban J connectivity index is 1.42. The number of methoxy groups -OCH3 is 1. The van der Waals surface area contributed by atoms with Gasteiger partial charge in [-0.2, -0.15) is 5.10 Å². The molecule has 2 aromatic carbocycles. The van der Waals surface area contributed by atoms with E-state index in [2.05, 4.69) is 27.8 Å². The van der Waals surface area contributed by atoms with Crippen LogP contribution >= 0.6 is 0 Å². The van der Waals surface area contributed by atoms with E-state index in [-0.39, 0.29) is 17.6 Å². The molecule has 0 spiro atoms. The summed E-state index contributed by atoms with van der Waals surface area (Å²) >= 11 is 0. The van der Waals surface area contributed by atoms with Crippen molar-refractivity contribution in [3.63, 3.8) is 0 Å². The summed E-state index contributed by atoms with van der Waals surface area (Å²) in [5, 5.41) is 11.1. The molecule has 1 saturated heterocycles. The predicted molar refractivity (Wildman–Crippen MR) is 159 cm³/mol. The first-order valence-electron chi connectivity index (χ1n) is 13.6. The maximum atomic E-state index is 13.2. The number of ether oxygens (including phenoxy) is 1. The monoisotopic (exact) mass is 553 g/mol. The van der Waals surface area contributed by atoms with Crippen LogP contribution in [0.5, 0.6) is 5.88 Å². The minimum atomic E-state index is -0.614. The number of nitrogens with two attached hydrogens (primary N) is 1. The summed E-state index contributed by atoms with van der Waals surface area (Å²) in [7, 11) is 1.54. The van der Waals surface area contributed by atoms with Crippen molar-refractivity contribution in [3.8, 4) is 17.1 Å². The number of carbonyl (C=O) groups is 2. The number of primary amides is 1. The molecular weight excluding hydrogens is 518 g/mol. The van der Waals surface area contributed by atoms with E-state index in [0.717, 1.165) is 18.4 Å². The number of nitrogens with one attached hydrogen (secondary N) is 2. The van der Waals surface area contributed by atoms with Crippen molar-refractivity contribution < 1.29 is 14.3 Å². The Morgan fingerprint density at radius 3 is 2.41 bits per heavy atom. The second kappa shape index (κ2) is 11.3. The lowest BCUT2D eigenvalue weighted by Crippen LogP contribution is -2.34. The topological polar surface area (TPSA) is 127 Å². The molecule has 3 amide bonds. The van der Waals surface area contributed by atoms with E-state index < -0.39 is 11.4 Å². The molecule has 3 heterocycles. The number of carbonyl (C=O) groups excluding carboxylic acids is 2. The number of amides is 3. The van der Waals surface area contributed by atoms with Crippen LogP contribution < -0.4 is 21.1 Å². The number of hydrogen-bond acceptors (Lipinski definition) is 6. The zero-order chi connectivity index (χ0) is 29.1. The number of rotatable bonds is 7. The molecule has 1 aliphatic heterocycles. The third kappa shape index (κ3) is 5.86. The molecule has 0 bridgehead atoms. The fourth-order valence-electron chi connectivity index (χ4n) is 5.13. The van der Waals surface area contributed by atoms with Gasteiger partial charge in [0.25, 0.3) is 5.91 Å². The van der Waals surface area contributed by atoms with Gasteiger partial charge in [0.05, 0.1) is 18.7 Å². The number of nitrogens with zero attached hydrogens (tertiary/aromatic N) is 4. The number of likely N-dealkylation sites (tertiary alicyclic amines) is 1. The summed E-state index contributed by atoms with van der Waals surface area (Å²) < 4.78 is 7.00. The molecule has 41 heavy (non-hydrogen) atoms. The summed E-state index contributed by atoms with van der Waals surface area (Å²) in [5.41, 5.74) is 9.29. The van der Waals surface area contributed by atoms with Crippen LogP contribution in [0.4, 0.5) is 22.0 Å². The first kappa shape index (κ1) is 27.7. The Hall–Kier alpha value is -4.86. The van der Waals surface area contributed by atoms with E-state index in [9.17, 15) is 9.59 Å². The highest BCUT2D eigenvalue weighted by Gasteiger charge is 2.31. The van der Waals surface area contributed by atoms with Crippen molar-refractivity contribution in [2.45, 2.75) is 45.2 Å². The average molecular weight is 554 g/mol. The van der Waals surface area contributed by atoms with E-state index in [1.54, 1.807) is 23.0 Å². The molecule has 1 unspecified atom stereocenters. The fourth-order valence-corrected chi connectivity index (χ4v) is 5.13. The Morgan fingerprint density at radius 1 is 1.02 bits per heavy atom. The van der Waals surface area contributed by atoms with Gasteiger partial charge in [-0.1, -0.05) is 42.5 Å². The molecule has 2 aromatic heterocycles. The smallest absolute Gasteiger partial charge is 0.322 e. The zero-order valence-corrected chi connectivity index (χ0v) is 23.7.